The number of nitrogens with one attached hydrogen (secondary N) is 1. The van der Waals surface area contributed by atoms with Crippen molar-refractivity contribution in [3.8, 4) is 11.5 Å². The van der Waals surface area contributed by atoms with Crippen molar-refractivity contribution in [2.45, 2.75) is 31.8 Å². The smallest absolute Gasteiger partial charge is 0.253 e. The number of hydrogen-bond acceptors (Lipinski definition) is 4. The highest BCUT2D eigenvalue weighted by Gasteiger charge is 2.34. The summed E-state index contributed by atoms with van der Waals surface area (Å²) in [4.78, 5) is 16.6. The van der Waals surface area contributed by atoms with E-state index >= 15 is 0 Å². The van der Waals surface area contributed by atoms with E-state index in [2.05, 4.69) is 10.3 Å². The molecular formula is C16H18N2O3. The van der Waals surface area contributed by atoms with E-state index in [0.717, 1.165) is 19.3 Å². The van der Waals surface area contributed by atoms with E-state index in [1.165, 1.54) is 0 Å². The van der Waals surface area contributed by atoms with Gasteiger partial charge in [0.15, 0.2) is 5.76 Å². The van der Waals surface area contributed by atoms with Crippen molar-refractivity contribution >= 4 is 5.91 Å². The molecule has 0 unspecified atom stereocenters. The zero-order valence-corrected chi connectivity index (χ0v) is 11.9. The highest BCUT2D eigenvalue weighted by molar-refractivity contribution is 5.95. The van der Waals surface area contributed by atoms with Crippen LogP contribution < -0.4 is 5.32 Å². The minimum absolute atomic E-state index is 0.202. The molecule has 2 aromatic rings. The van der Waals surface area contributed by atoms with Crippen LogP contribution in [0.25, 0.3) is 11.5 Å². The van der Waals surface area contributed by atoms with Crippen LogP contribution >= 0.6 is 0 Å². The Hall–Kier alpha value is -2.14. The summed E-state index contributed by atoms with van der Waals surface area (Å²) >= 11 is 0. The Kier molecular flexibility index (Phi) is 3.51. The summed E-state index contributed by atoms with van der Waals surface area (Å²) in [6, 6.07) is 7.12. The number of pyridine rings is 1. The van der Waals surface area contributed by atoms with E-state index < -0.39 is 5.60 Å². The maximum Gasteiger partial charge on any atom is 0.253 e. The Morgan fingerprint density at radius 1 is 1.43 bits per heavy atom. The number of aromatic nitrogens is 1. The molecule has 1 amide bonds. The number of aryl methyl sites for hydroxylation is 1. The van der Waals surface area contributed by atoms with Crippen molar-refractivity contribution < 1.29 is 14.3 Å². The molecule has 2 N–H and O–H groups in total. The van der Waals surface area contributed by atoms with E-state index in [4.69, 9.17) is 4.42 Å². The first-order valence-corrected chi connectivity index (χ1v) is 7.10. The second kappa shape index (κ2) is 5.33. The summed E-state index contributed by atoms with van der Waals surface area (Å²) in [5.74, 6) is 0.472. The molecule has 5 nitrogen and oxygen atoms in total. The van der Waals surface area contributed by atoms with Gasteiger partial charge in [0.1, 0.15) is 5.69 Å². The lowest BCUT2D eigenvalue weighted by molar-refractivity contribution is -0.0300. The van der Waals surface area contributed by atoms with E-state index in [-0.39, 0.29) is 5.91 Å². The number of amides is 1. The van der Waals surface area contributed by atoms with Crippen LogP contribution in [0, 0.1) is 6.92 Å². The van der Waals surface area contributed by atoms with Gasteiger partial charge in [-0.05, 0) is 50.5 Å². The van der Waals surface area contributed by atoms with Crippen molar-refractivity contribution in [1.82, 2.24) is 10.3 Å². The SMILES string of the molecule is Cc1nc(-c2ccco2)ccc1C(=O)NCC1(O)CCC1. The minimum Gasteiger partial charge on any atom is -0.463 e. The molecule has 0 aliphatic heterocycles. The predicted molar refractivity (Wildman–Crippen MR) is 77.8 cm³/mol. The van der Waals surface area contributed by atoms with Gasteiger partial charge in [-0.2, -0.15) is 0 Å². The molecule has 5 heteroatoms. The Morgan fingerprint density at radius 2 is 2.24 bits per heavy atom. The van der Waals surface area contributed by atoms with Crippen LogP contribution in [-0.4, -0.2) is 28.1 Å². The van der Waals surface area contributed by atoms with Gasteiger partial charge in [-0.1, -0.05) is 0 Å². The van der Waals surface area contributed by atoms with Gasteiger partial charge >= 0.3 is 0 Å². The molecule has 110 valence electrons. The zero-order valence-electron chi connectivity index (χ0n) is 11.9. The van der Waals surface area contributed by atoms with Crippen molar-refractivity contribution in [1.29, 1.82) is 0 Å². The van der Waals surface area contributed by atoms with Gasteiger partial charge in [0.25, 0.3) is 5.91 Å². The molecule has 0 radical (unpaired) electrons. The van der Waals surface area contributed by atoms with Gasteiger partial charge in [0, 0.05) is 6.54 Å². The largest absolute Gasteiger partial charge is 0.463 e. The third-order valence-electron chi connectivity index (χ3n) is 3.97. The molecule has 1 saturated carbocycles. The molecular weight excluding hydrogens is 268 g/mol. The number of furan rings is 1. The molecule has 1 fully saturated rings. The predicted octanol–water partition coefficient (Wildman–Crippen LogP) is 2.29. The van der Waals surface area contributed by atoms with Crippen LogP contribution in [0.2, 0.25) is 0 Å². The third kappa shape index (κ3) is 2.83. The van der Waals surface area contributed by atoms with Crippen LogP contribution in [0.1, 0.15) is 35.3 Å². The van der Waals surface area contributed by atoms with Crippen molar-refractivity contribution in [3.05, 3.63) is 41.8 Å². The topological polar surface area (TPSA) is 75.4 Å². The number of carbonyl (C=O) groups excluding carboxylic acids is 1. The molecule has 1 aliphatic rings. The van der Waals surface area contributed by atoms with Crippen molar-refractivity contribution in [2.24, 2.45) is 0 Å². The number of carbonyl (C=O) groups is 1. The van der Waals surface area contributed by atoms with Gasteiger partial charge < -0.3 is 14.8 Å². The molecule has 21 heavy (non-hydrogen) atoms. The summed E-state index contributed by atoms with van der Waals surface area (Å²) in [5, 5.41) is 12.8. The molecule has 3 rings (SSSR count). The number of hydrogen-bond donors (Lipinski definition) is 2. The second-order valence-corrected chi connectivity index (χ2v) is 5.57. The minimum atomic E-state index is -0.717. The molecule has 0 saturated heterocycles. The Bertz CT molecular complexity index is 646. The van der Waals surface area contributed by atoms with Crippen molar-refractivity contribution in [2.75, 3.05) is 6.54 Å². The van der Waals surface area contributed by atoms with Gasteiger partial charge in [0.05, 0.1) is 23.1 Å². The Labute approximate surface area is 123 Å². The molecule has 1 aliphatic carbocycles. The number of aliphatic hydroxyl groups is 1. The van der Waals surface area contributed by atoms with E-state index in [1.807, 2.05) is 6.07 Å². The zero-order chi connectivity index (χ0) is 14.9. The summed E-state index contributed by atoms with van der Waals surface area (Å²) in [6.07, 6.45) is 4.11. The van der Waals surface area contributed by atoms with Crippen LogP contribution in [0.5, 0.6) is 0 Å². The van der Waals surface area contributed by atoms with Crippen LogP contribution in [0.15, 0.2) is 34.9 Å². The Morgan fingerprint density at radius 3 is 2.81 bits per heavy atom. The summed E-state index contributed by atoms with van der Waals surface area (Å²) in [7, 11) is 0. The number of nitrogens with zero attached hydrogens (tertiary/aromatic N) is 1. The first kappa shape index (κ1) is 13.8. The monoisotopic (exact) mass is 286 g/mol. The third-order valence-corrected chi connectivity index (χ3v) is 3.97. The first-order valence-electron chi connectivity index (χ1n) is 7.10. The average Bonchev–Trinajstić information content (AvgIpc) is 2.96. The summed E-state index contributed by atoms with van der Waals surface area (Å²) in [5.41, 5.74) is 1.15. The molecule has 0 atom stereocenters. The summed E-state index contributed by atoms with van der Waals surface area (Å²) in [6.45, 7) is 2.09. The molecule has 2 aromatic heterocycles. The lowest BCUT2D eigenvalue weighted by atomic mass is 9.80. The van der Waals surface area contributed by atoms with Crippen LogP contribution in [0.4, 0.5) is 0 Å². The number of rotatable bonds is 4. The summed E-state index contributed by atoms with van der Waals surface area (Å²) < 4.78 is 5.29. The van der Waals surface area contributed by atoms with Gasteiger partial charge in [-0.15, -0.1) is 0 Å². The van der Waals surface area contributed by atoms with E-state index in [9.17, 15) is 9.90 Å². The normalized spacial score (nSPS) is 16.3. The second-order valence-electron chi connectivity index (χ2n) is 5.57. The van der Waals surface area contributed by atoms with Crippen LogP contribution in [0.3, 0.4) is 0 Å². The molecule has 2 heterocycles. The average molecular weight is 286 g/mol. The van der Waals surface area contributed by atoms with Crippen molar-refractivity contribution in [3.63, 3.8) is 0 Å². The molecule has 0 aromatic carbocycles. The highest BCUT2D eigenvalue weighted by atomic mass is 16.3. The Balaban J connectivity index is 1.71. The van der Waals surface area contributed by atoms with Gasteiger partial charge in [-0.3, -0.25) is 4.79 Å². The maximum atomic E-state index is 12.2. The maximum absolute atomic E-state index is 12.2. The van der Waals surface area contributed by atoms with Gasteiger partial charge in [0.2, 0.25) is 0 Å². The van der Waals surface area contributed by atoms with E-state index in [0.29, 0.717) is 29.3 Å². The van der Waals surface area contributed by atoms with E-state index in [1.54, 1.807) is 31.4 Å². The lowest BCUT2D eigenvalue weighted by Gasteiger charge is -2.36. The fourth-order valence-electron chi connectivity index (χ4n) is 2.46. The highest BCUT2D eigenvalue weighted by Crippen LogP contribution is 2.30. The fraction of sp³-hybridized carbons (Fsp3) is 0.375. The lowest BCUT2D eigenvalue weighted by Crippen LogP contribution is -2.47. The van der Waals surface area contributed by atoms with Gasteiger partial charge in [-0.25, -0.2) is 4.98 Å². The first-order chi connectivity index (χ1) is 10.1. The van der Waals surface area contributed by atoms with Crippen LogP contribution in [-0.2, 0) is 0 Å². The molecule has 0 spiro atoms. The fourth-order valence-corrected chi connectivity index (χ4v) is 2.46. The standard InChI is InChI=1S/C16H18N2O3/c1-11-12(15(19)17-10-16(20)7-3-8-16)5-6-13(18-11)14-4-2-9-21-14/h2,4-6,9,20H,3,7-8,10H2,1H3,(H,17,19). The molecule has 0 bridgehead atoms. The quantitative estimate of drug-likeness (QED) is 0.904.